The van der Waals surface area contributed by atoms with Gasteiger partial charge in [0.25, 0.3) is 5.91 Å². The van der Waals surface area contributed by atoms with Crippen molar-refractivity contribution in [2.45, 2.75) is 6.18 Å². The van der Waals surface area contributed by atoms with Gasteiger partial charge in [0.15, 0.2) is 0 Å². The minimum absolute atomic E-state index is 0.128. The Kier molecular flexibility index (Phi) is 5.34. The molecule has 0 unspecified atom stereocenters. The molecule has 0 spiro atoms. The molecule has 2 N–H and O–H groups in total. The summed E-state index contributed by atoms with van der Waals surface area (Å²) >= 11 is 5.67. The molecule has 0 aliphatic rings. The molecule has 0 radical (unpaired) electrons. The van der Waals surface area contributed by atoms with E-state index in [0.717, 1.165) is 12.1 Å². The first-order chi connectivity index (χ1) is 9.25. The van der Waals surface area contributed by atoms with Crippen LogP contribution < -0.4 is 5.32 Å². The molecule has 0 aromatic heterocycles. The number of benzene rings is 1. The normalized spacial score (nSPS) is 11.1. The van der Waals surface area contributed by atoms with E-state index in [0.29, 0.717) is 6.07 Å². The molecular formula is C11H10ClF3N2O3. The van der Waals surface area contributed by atoms with E-state index in [-0.39, 0.29) is 35.1 Å². The van der Waals surface area contributed by atoms with Gasteiger partial charge in [-0.1, -0.05) is 11.6 Å². The Morgan fingerprint density at radius 3 is 2.65 bits per heavy atom. The largest absolute Gasteiger partial charge is 0.416 e. The summed E-state index contributed by atoms with van der Waals surface area (Å²) in [6, 6.07) is 2.37. The lowest BCUT2D eigenvalue weighted by atomic mass is 10.1. The van der Waals surface area contributed by atoms with Gasteiger partial charge in [0, 0.05) is 6.54 Å². The molecule has 0 saturated heterocycles. The van der Waals surface area contributed by atoms with E-state index in [1.165, 1.54) is 0 Å². The summed E-state index contributed by atoms with van der Waals surface area (Å²) in [6.07, 6.45) is -4.46. The Balaban J connectivity index is 2.79. The SMILES string of the molecule is O=CN(O)CCNC(=O)c1cc(C(F)(F)F)ccc1Cl. The van der Waals surface area contributed by atoms with Crippen molar-refractivity contribution < 1.29 is 28.0 Å². The van der Waals surface area contributed by atoms with Crippen LogP contribution in [0.2, 0.25) is 5.02 Å². The van der Waals surface area contributed by atoms with Crippen LogP contribution in [0.4, 0.5) is 13.2 Å². The van der Waals surface area contributed by atoms with Crippen LogP contribution in [0.5, 0.6) is 0 Å². The van der Waals surface area contributed by atoms with Crippen molar-refractivity contribution >= 4 is 23.9 Å². The molecule has 0 saturated carbocycles. The van der Waals surface area contributed by atoms with Crippen LogP contribution in [0.3, 0.4) is 0 Å². The molecule has 0 bridgehead atoms. The molecule has 0 atom stereocenters. The number of nitrogens with zero attached hydrogens (tertiary/aromatic N) is 1. The Morgan fingerprint density at radius 2 is 2.10 bits per heavy atom. The second-order valence-corrected chi connectivity index (χ2v) is 4.12. The minimum atomic E-state index is -4.58. The van der Waals surface area contributed by atoms with E-state index >= 15 is 0 Å². The molecule has 5 nitrogen and oxygen atoms in total. The standard InChI is InChI=1S/C11H10ClF3N2O3/c12-9-2-1-7(11(13,14)15)5-8(9)10(19)16-3-4-17(20)6-18/h1-2,5-6,20H,3-4H2,(H,16,19). The number of carbonyl (C=O) groups excluding carboxylic acids is 2. The maximum Gasteiger partial charge on any atom is 0.416 e. The predicted octanol–water partition coefficient (Wildman–Crippen LogP) is 1.94. The average molecular weight is 311 g/mol. The van der Waals surface area contributed by atoms with Crippen molar-refractivity contribution in [2.24, 2.45) is 0 Å². The number of alkyl halides is 3. The van der Waals surface area contributed by atoms with Crippen molar-refractivity contribution in [3.63, 3.8) is 0 Å². The summed E-state index contributed by atoms with van der Waals surface area (Å²) in [5, 5.41) is 11.2. The van der Waals surface area contributed by atoms with Crippen LogP contribution in [0.1, 0.15) is 15.9 Å². The molecule has 2 amide bonds. The summed E-state index contributed by atoms with van der Waals surface area (Å²) < 4.78 is 37.5. The van der Waals surface area contributed by atoms with Gasteiger partial charge in [-0.15, -0.1) is 0 Å². The highest BCUT2D eigenvalue weighted by atomic mass is 35.5. The van der Waals surface area contributed by atoms with Gasteiger partial charge in [-0.05, 0) is 18.2 Å². The van der Waals surface area contributed by atoms with Crippen LogP contribution >= 0.6 is 11.6 Å². The second kappa shape index (κ2) is 6.58. The van der Waals surface area contributed by atoms with Crippen molar-refractivity contribution in [1.82, 2.24) is 10.4 Å². The van der Waals surface area contributed by atoms with Gasteiger partial charge in [0.1, 0.15) is 0 Å². The average Bonchev–Trinajstić information content (AvgIpc) is 2.37. The lowest BCUT2D eigenvalue weighted by Gasteiger charge is -2.12. The molecule has 110 valence electrons. The monoisotopic (exact) mass is 310 g/mol. The number of carbonyl (C=O) groups is 2. The Morgan fingerprint density at radius 1 is 1.45 bits per heavy atom. The van der Waals surface area contributed by atoms with E-state index in [2.05, 4.69) is 5.32 Å². The zero-order valence-electron chi connectivity index (χ0n) is 9.95. The molecule has 0 aliphatic heterocycles. The van der Waals surface area contributed by atoms with Crippen LogP contribution in [-0.2, 0) is 11.0 Å². The van der Waals surface area contributed by atoms with Gasteiger partial charge in [-0.3, -0.25) is 14.8 Å². The van der Waals surface area contributed by atoms with E-state index in [4.69, 9.17) is 16.8 Å². The molecule has 1 rings (SSSR count). The van der Waals surface area contributed by atoms with Gasteiger partial charge in [-0.25, -0.2) is 5.06 Å². The Bertz CT molecular complexity index is 508. The molecule has 20 heavy (non-hydrogen) atoms. The molecule has 0 heterocycles. The fourth-order valence-corrected chi connectivity index (χ4v) is 1.51. The number of hydrogen-bond donors (Lipinski definition) is 2. The second-order valence-electron chi connectivity index (χ2n) is 3.72. The topological polar surface area (TPSA) is 69.6 Å². The molecular weight excluding hydrogens is 301 g/mol. The number of hydrogen-bond acceptors (Lipinski definition) is 3. The van der Waals surface area contributed by atoms with Gasteiger partial charge >= 0.3 is 6.18 Å². The highest BCUT2D eigenvalue weighted by Crippen LogP contribution is 2.31. The van der Waals surface area contributed by atoms with Crippen LogP contribution in [0.15, 0.2) is 18.2 Å². The lowest BCUT2D eigenvalue weighted by Crippen LogP contribution is -2.33. The first-order valence-corrected chi connectivity index (χ1v) is 5.69. The van der Waals surface area contributed by atoms with Crippen LogP contribution in [-0.4, -0.2) is 35.7 Å². The zero-order chi connectivity index (χ0) is 15.3. The lowest BCUT2D eigenvalue weighted by molar-refractivity contribution is -0.149. The van der Waals surface area contributed by atoms with Crippen molar-refractivity contribution in [3.05, 3.63) is 34.3 Å². The summed E-state index contributed by atoms with van der Waals surface area (Å²) in [6.45, 7) is -0.341. The maximum atomic E-state index is 12.5. The summed E-state index contributed by atoms with van der Waals surface area (Å²) in [7, 11) is 0. The number of rotatable bonds is 5. The summed E-state index contributed by atoms with van der Waals surface area (Å²) in [5.74, 6) is -0.833. The third-order valence-electron chi connectivity index (χ3n) is 2.29. The van der Waals surface area contributed by atoms with Crippen molar-refractivity contribution in [1.29, 1.82) is 0 Å². The quantitative estimate of drug-likeness (QED) is 0.496. The van der Waals surface area contributed by atoms with Crippen LogP contribution in [0.25, 0.3) is 0 Å². The molecule has 0 fully saturated rings. The molecule has 9 heteroatoms. The Labute approximate surface area is 116 Å². The number of amides is 2. The Hall–Kier alpha value is -1.80. The molecule has 1 aromatic rings. The predicted molar refractivity (Wildman–Crippen MR) is 63.3 cm³/mol. The molecule has 1 aromatic carbocycles. The summed E-state index contributed by atoms with van der Waals surface area (Å²) in [5.41, 5.74) is -1.33. The first kappa shape index (κ1) is 16.3. The maximum absolute atomic E-state index is 12.5. The minimum Gasteiger partial charge on any atom is -0.350 e. The number of halogens is 4. The van der Waals surface area contributed by atoms with Crippen molar-refractivity contribution in [3.8, 4) is 0 Å². The third kappa shape index (κ3) is 4.39. The van der Waals surface area contributed by atoms with Crippen molar-refractivity contribution in [2.75, 3.05) is 13.1 Å². The fraction of sp³-hybridized carbons (Fsp3) is 0.273. The summed E-state index contributed by atoms with van der Waals surface area (Å²) in [4.78, 5) is 21.7. The zero-order valence-corrected chi connectivity index (χ0v) is 10.7. The molecule has 0 aliphatic carbocycles. The van der Waals surface area contributed by atoms with E-state index in [9.17, 15) is 22.8 Å². The van der Waals surface area contributed by atoms with E-state index in [1.807, 2.05) is 0 Å². The highest BCUT2D eigenvalue weighted by molar-refractivity contribution is 6.33. The first-order valence-electron chi connectivity index (χ1n) is 5.31. The van der Waals surface area contributed by atoms with E-state index in [1.54, 1.807) is 0 Å². The van der Waals surface area contributed by atoms with E-state index < -0.39 is 17.6 Å². The number of hydroxylamine groups is 2. The number of nitrogens with one attached hydrogen (secondary N) is 1. The van der Waals surface area contributed by atoms with Gasteiger partial charge in [-0.2, -0.15) is 13.2 Å². The van der Waals surface area contributed by atoms with Crippen LogP contribution in [0, 0.1) is 0 Å². The third-order valence-corrected chi connectivity index (χ3v) is 2.62. The van der Waals surface area contributed by atoms with Gasteiger partial charge in [0.05, 0.1) is 22.7 Å². The fourth-order valence-electron chi connectivity index (χ4n) is 1.31. The van der Waals surface area contributed by atoms with Gasteiger partial charge < -0.3 is 5.32 Å². The smallest absolute Gasteiger partial charge is 0.350 e. The highest BCUT2D eigenvalue weighted by Gasteiger charge is 2.31. The van der Waals surface area contributed by atoms with Gasteiger partial charge in [0.2, 0.25) is 6.41 Å².